The smallest absolute Gasteiger partial charge is 0.118 e. The lowest BCUT2D eigenvalue weighted by atomic mass is 10.1. The second-order valence-corrected chi connectivity index (χ2v) is 3.94. The molecular formula is C8H12N2OS. The van der Waals surface area contributed by atoms with Crippen LogP contribution in [0, 0.1) is 5.92 Å². The summed E-state index contributed by atoms with van der Waals surface area (Å²) in [6, 6.07) is 0. The molecule has 1 fully saturated rings. The number of aromatic nitrogens is 1. The van der Waals surface area contributed by atoms with E-state index in [1.165, 1.54) is 0 Å². The van der Waals surface area contributed by atoms with Gasteiger partial charge in [0, 0.05) is 30.6 Å². The van der Waals surface area contributed by atoms with Crippen LogP contribution in [-0.2, 0) is 11.3 Å². The molecule has 0 atom stereocenters. The second-order valence-electron chi connectivity index (χ2n) is 2.97. The molecule has 2 rings (SSSR count). The molecule has 1 aromatic rings. The lowest BCUT2D eigenvalue weighted by molar-refractivity contribution is 0.0688. The molecular weight excluding hydrogens is 172 g/mol. The Hall–Kier alpha value is -0.450. The minimum Gasteiger partial charge on any atom is -0.374 e. The van der Waals surface area contributed by atoms with Gasteiger partial charge >= 0.3 is 0 Å². The summed E-state index contributed by atoms with van der Waals surface area (Å²) in [5.41, 5.74) is 0. The van der Waals surface area contributed by atoms with E-state index in [0.717, 1.165) is 30.6 Å². The summed E-state index contributed by atoms with van der Waals surface area (Å²) in [7, 11) is 0. The highest BCUT2D eigenvalue weighted by Crippen LogP contribution is 2.08. The van der Waals surface area contributed by atoms with Gasteiger partial charge in [-0.1, -0.05) is 0 Å². The van der Waals surface area contributed by atoms with E-state index in [-0.39, 0.29) is 0 Å². The Morgan fingerprint density at radius 1 is 1.67 bits per heavy atom. The van der Waals surface area contributed by atoms with Crippen LogP contribution in [0.1, 0.15) is 5.01 Å². The van der Waals surface area contributed by atoms with Crippen LogP contribution in [0.2, 0.25) is 0 Å². The standard InChI is InChI=1S/C8H12N2OS/c1-2-12-8(10-1)6-11-5-7-3-9-4-7/h1-2,7,9H,3-6H2. The molecule has 0 bridgehead atoms. The molecule has 0 amide bonds. The molecule has 12 heavy (non-hydrogen) atoms. The van der Waals surface area contributed by atoms with Crippen molar-refractivity contribution in [2.24, 2.45) is 5.92 Å². The quantitative estimate of drug-likeness (QED) is 0.754. The van der Waals surface area contributed by atoms with Crippen LogP contribution in [0.5, 0.6) is 0 Å². The molecule has 0 radical (unpaired) electrons. The van der Waals surface area contributed by atoms with Gasteiger partial charge in [0.1, 0.15) is 5.01 Å². The molecule has 66 valence electrons. The summed E-state index contributed by atoms with van der Waals surface area (Å²) in [5, 5.41) is 6.26. The number of nitrogens with zero attached hydrogens (tertiary/aromatic N) is 1. The fourth-order valence-electron chi connectivity index (χ4n) is 1.10. The van der Waals surface area contributed by atoms with Crippen molar-refractivity contribution in [3.05, 3.63) is 16.6 Å². The van der Waals surface area contributed by atoms with Crippen LogP contribution in [0.15, 0.2) is 11.6 Å². The molecule has 0 unspecified atom stereocenters. The van der Waals surface area contributed by atoms with E-state index < -0.39 is 0 Å². The highest BCUT2D eigenvalue weighted by Gasteiger charge is 2.16. The van der Waals surface area contributed by atoms with Crippen LogP contribution in [-0.4, -0.2) is 24.7 Å². The highest BCUT2D eigenvalue weighted by atomic mass is 32.1. The number of hydrogen-bond acceptors (Lipinski definition) is 4. The van der Waals surface area contributed by atoms with Crippen molar-refractivity contribution < 1.29 is 4.74 Å². The van der Waals surface area contributed by atoms with Crippen molar-refractivity contribution in [2.75, 3.05) is 19.7 Å². The van der Waals surface area contributed by atoms with Gasteiger partial charge in [0.25, 0.3) is 0 Å². The van der Waals surface area contributed by atoms with Gasteiger partial charge in [0.05, 0.1) is 13.2 Å². The second kappa shape index (κ2) is 3.98. The lowest BCUT2D eigenvalue weighted by Gasteiger charge is -2.26. The van der Waals surface area contributed by atoms with E-state index in [4.69, 9.17) is 4.74 Å². The van der Waals surface area contributed by atoms with Gasteiger partial charge in [-0.3, -0.25) is 0 Å². The van der Waals surface area contributed by atoms with Crippen molar-refractivity contribution in [2.45, 2.75) is 6.61 Å². The zero-order valence-electron chi connectivity index (χ0n) is 6.82. The highest BCUT2D eigenvalue weighted by molar-refractivity contribution is 7.09. The largest absolute Gasteiger partial charge is 0.374 e. The first-order valence-electron chi connectivity index (χ1n) is 4.12. The van der Waals surface area contributed by atoms with Crippen LogP contribution in [0.25, 0.3) is 0 Å². The number of rotatable bonds is 4. The zero-order chi connectivity index (χ0) is 8.23. The molecule has 1 saturated heterocycles. The SMILES string of the molecule is c1csc(COCC2CNC2)n1. The molecule has 2 heterocycles. The predicted octanol–water partition coefficient (Wildman–Crippen LogP) is 0.879. The molecule has 1 aromatic heterocycles. The van der Waals surface area contributed by atoms with Gasteiger partial charge in [-0.05, 0) is 0 Å². The third-order valence-corrected chi connectivity index (χ3v) is 2.68. The summed E-state index contributed by atoms with van der Waals surface area (Å²) < 4.78 is 5.49. The fraction of sp³-hybridized carbons (Fsp3) is 0.625. The summed E-state index contributed by atoms with van der Waals surface area (Å²) in [6.07, 6.45) is 1.81. The molecule has 0 spiro atoms. The van der Waals surface area contributed by atoms with Crippen LogP contribution in [0.4, 0.5) is 0 Å². The Morgan fingerprint density at radius 2 is 2.58 bits per heavy atom. The van der Waals surface area contributed by atoms with E-state index in [0.29, 0.717) is 6.61 Å². The maximum Gasteiger partial charge on any atom is 0.118 e. The summed E-state index contributed by atoms with van der Waals surface area (Å²) in [5.74, 6) is 0.727. The van der Waals surface area contributed by atoms with Gasteiger partial charge < -0.3 is 10.1 Å². The Labute approximate surface area is 75.8 Å². The normalized spacial score (nSPS) is 17.7. The van der Waals surface area contributed by atoms with Crippen molar-refractivity contribution in [3.8, 4) is 0 Å². The monoisotopic (exact) mass is 184 g/mol. The molecule has 1 aliphatic rings. The van der Waals surface area contributed by atoms with Crippen molar-refractivity contribution in [1.82, 2.24) is 10.3 Å². The van der Waals surface area contributed by atoms with Gasteiger partial charge in [0.15, 0.2) is 0 Å². The van der Waals surface area contributed by atoms with E-state index in [1.54, 1.807) is 11.3 Å². The van der Waals surface area contributed by atoms with Crippen molar-refractivity contribution in [3.63, 3.8) is 0 Å². The van der Waals surface area contributed by atoms with E-state index in [9.17, 15) is 0 Å². The van der Waals surface area contributed by atoms with Gasteiger partial charge in [0.2, 0.25) is 0 Å². The average molecular weight is 184 g/mol. The van der Waals surface area contributed by atoms with Gasteiger partial charge in [-0.2, -0.15) is 0 Å². The Morgan fingerprint density at radius 3 is 3.17 bits per heavy atom. The molecule has 0 aromatic carbocycles. The van der Waals surface area contributed by atoms with E-state index in [2.05, 4.69) is 10.3 Å². The zero-order valence-corrected chi connectivity index (χ0v) is 7.64. The molecule has 1 aliphatic heterocycles. The number of hydrogen-bond donors (Lipinski definition) is 1. The number of ether oxygens (including phenoxy) is 1. The summed E-state index contributed by atoms with van der Waals surface area (Å²) in [4.78, 5) is 4.13. The number of thiazole rings is 1. The fourth-order valence-corrected chi connectivity index (χ4v) is 1.66. The first kappa shape index (κ1) is 8.16. The third-order valence-electron chi connectivity index (χ3n) is 1.93. The topological polar surface area (TPSA) is 34.1 Å². The lowest BCUT2D eigenvalue weighted by Crippen LogP contribution is -2.44. The summed E-state index contributed by atoms with van der Waals surface area (Å²) in [6.45, 7) is 3.76. The molecule has 0 aliphatic carbocycles. The van der Waals surface area contributed by atoms with Crippen molar-refractivity contribution >= 4 is 11.3 Å². The van der Waals surface area contributed by atoms with E-state index in [1.807, 2.05) is 11.6 Å². The Balaban J connectivity index is 1.62. The van der Waals surface area contributed by atoms with Crippen LogP contribution in [0.3, 0.4) is 0 Å². The molecule has 3 nitrogen and oxygen atoms in total. The predicted molar refractivity (Wildman–Crippen MR) is 48.1 cm³/mol. The average Bonchev–Trinajstić information content (AvgIpc) is 2.46. The van der Waals surface area contributed by atoms with Crippen LogP contribution >= 0.6 is 11.3 Å². The molecule has 4 heteroatoms. The van der Waals surface area contributed by atoms with Gasteiger partial charge in [-0.15, -0.1) is 11.3 Å². The summed E-state index contributed by atoms with van der Waals surface area (Å²) >= 11 is 1.65. The van der Waals surface area contributed by atoms with Crippen molar-refractivity contribution in [1.29, 1.82) is 0 Å². The van der Waals surface area contributed by atoms with Crippen LogP contribution < -0.4 is 5.32 Å². The first-order valence-corrected chi connectivity index (χ1v) is 5.00. The van der Waals surface area contributed by atoms with Gasteiger partial charge in [-0.25, -0.2) is 4.98 Å². The third kappa shape index (κ3) is 2.03. The first-order chi connectivity index (χ1) is 5.95. The minimum absolute atomic E-state index is 0.675. The van der Waals surface area contributed by atoms with E-state index >= 15 is 0 Å². The maximum absolute atomic E-state index is 5.49. The maximum atomic E-state index is 5.49. The Kier molecular flexibility index (Phi) is 2.71. The Bertz CT molecular complexity index is 221. The molecule has 1 N–H and O–H groups in total. The molecule has 0 saturated carbocycles. The minimum atomic E-state index is 0.675. The number of nitrogens with one attached hydrogen (secondary N) is 1.